The standard InChI is InChI=1S/C13H11FN2O4/c1-20-9-3-2-8(10(14)6-9)7-16-12(17)5-4-11(15-16)13(18)19/h2-6H,7H2,1H3,(H,18,19). The molecule has 6 nitrogen and oxygen atoms in total. The molecule has 1 heterocycles. The zero-order valence-electron chi connectivity index (χ0n) is 10.5. The van der Waals surface area contributed by atoms with Crippen LogP contribution in [0.2, 0.25) is 0 Å². The van der Waals surface area contributed by atoms with E-state index in [1.807, 2.05) is 0 Å². The summed E-state index contributed by atoms with van der Waals surface area (Å²) in [4.78, 5) is 22.4. The number of carboxylic acids is 1. The highest BCUT2D eigenvalue weighted by molar-refractivity contribution is 5.84. The summed E-state index contributed by atoms with van der Waals surface area (Å²) < 4.78 is 19.5. The number of hydrogen-bond donors (Lipinski definition) is 1. The molecule has 0 fully saturated rings. The number of hydrogen-bond acceptors (Lipinski definition) is 4. The minimum atomic E-state index is -1.26. The number of aromatic nitrogens is 2. The van der Waals surface area contributed by atoms with Gasteiger partial charge >= 0.3 is 5.97 Å². The number of halogens is 1. The Morgan fingerprint density at radius 3 is 2.75 bits per heavy atom. The molecule has 1 N–H and O–H groups in total. The Bertz CT molecular complexity index is 712. The van der Waals surface area contributed by atoms with E-state index >= 15 is 0 Å². The highest BCUT2D eigenvalue weighted by Gasteiger charge is 2.10. The van der Waals surface area contributed by atoms with E-state index in [2.05, 4.69) is 5.10 Å². The van der Waals surface area contributed by atoms with Crippen LogP contribution in [0.1, 0.15) is 16.1 Å². The number of rotatable bonds is 4. The summed E-state index contributed by atoms with van der Waals surface area (Å²) in [6.45, 7) is -0.157. The Labute approximate surface area is 113 Å². The molecule has 104 valence electrons. The first-order valence-electron chi connectivity index (χ1n) is 5.65. The molecule has 2 aromatic rings. The number of ether oxygens (including phenoxy) is 1. The van der Waals surface area contributed by atoms with Crippen molar-refractivity contribution in [1.29, 1.82) is 0 Å². The second kappa shape index (κ2) is 5.52. The van der Waals surface area contributed by atoms with Crippen molar-refractivity contribution in [2.75, 3.05) is 7.11 Å². The fourth-order valence-corrected chi connectivity index (χ4v) is 1.62. The van der Waals surface area contributed by atoms with Gasteiger partial charge in [-0.05, 0) is 12.1 Å². The second-order valence-electron chi connectivity index (χ2n) is 3.98. The molecule has 2 rings (SSSR count). The van der Waals surface area contributed by atoms with Crippen molar-refractivity contribution in [2.45, 2.75) is 6.54 Å². The van der Waals surface area contributed by atoms with Crippen molar-refractivity contribution < 1.29 is 19.0 Å². The average molecular weight is 278 g/mol. The first-order chi connectivity index (χ1) is 9.51. The molecule has 0 aliphatic rings. The largest absolute Gasteiger partial charge is 0.497 e. The normalized spacial score (nSPS) is 10.3. The van der Waals surface area contributed by atoms with Gasteiger partial charge in [0.05, 0.1) is 13.7 Å². The van der Waals surface area contributed by atoms with Gasteiger partial charge in [0.1, 0.15) is 11.6 Å². The van der Waals surface area contributed by atoms with Gasteiger partial charge in [-0.25, -0.2) is 13.9 Å². The molecule has 0 aliphatic carbocycles. The lowest BCUT2D eigenvalue weighted by Gasteiger charge is -2.07. The van der Waals surface area contributed by atoms with Crippen LogP contribution in [-0.4, -0.2) is 28.0 Å². The van der Waals surface area contributed by atoms with Gasteiger partial charge in [0.15, 0.2) is 5.69 Å². The van der Waals surface area contributed by atoms with E-state index in [9.17, 15) is 14.0 Å². The molecule has 1 aromatic carbocycles. The Balaban J connectivity index is 2.37. The van der Waals surface area contributed by atoms with Crippen LogP contribution in [-0.2, 0) is 6.54 Å². The van der Waals surface area contributed by atoms with E-state index in [0.717, 1.165) is 16.8 Å². The summed E-state index contributed by atoms with van der Waals surface area (Å²) in [7, 11) is 1.41. The number of benzene rings is 1. The van der Waals surface area contributed by atoms with Crippen LogP contribution >= 0.6 is 0 Å². The van der Waals surface area contributed by atoms with E-state index in [-0.39, 0.29) is 17.8 Å². The number of aromatic carboxylic acids is 1. The van der Waals surface area contributed by atoms with Crippen molar-refractivity contribution in [3.05, 3.63) is 57.8 Å². The Hall–Kier alpha value is -2.70. The number of carbonyl (C=O) groups is 1. The number of methoxy groups -OCH3 is 1. The molecule has 0 atom stereocenters. The number of carboxylic acid groups (broad SMARTS) is 1. The van der Waals surface area contributed by atoms with Gasteiger partial charge in [-0.15, -0.1) is 0 Å². The lowest BCUT2D eigenvalue weighted by molar-refractivity contribution is 0.0687. The lowest BCUT2D eigenvalue weighted by Crippen LogP contribution is -2.25. The van der Waals surface area contributed by atoms with E-state index in [1.54, 1.807) is 6.07 Å². The van der Waals surface area contributed by atoms with Crippen molar-refractivity contribution in [3.63, 3.8) is 0 Å². The van der Waals surface area contributed by atoms with Crippen LogP contribution in [0.25, 0.3) is 0 Å². The SMILES string of the molecule is COc1ccc(Cn2nc(C(=O)O)ccc2=O)c(F)c1. The molecule has 0 radical (unpaired) electrons. The van der Waals surface area contributed by atoms with Crippen LogP contribution in [0, 0.1) is 5.82 Å². The summed E-state index contributed by atoms with van der Waals surface area (Å²) in [6, 6.07) is 6.37. The molecular formula is C13H11FN2O4. The fourth-order valence-electron chi connectivity index (χ4n) is 1.62. The predicted molar refractivity (Wildman–Crippen MR) is 67.5 cm³/mol. The molecule has 1 aromatic heterocycles. The molecule has 0 saturated heterocycles. The third kappa shape index (κ3) is 2.82. The molecule has 0 amide bonds. The van der Waals surface area contributed by atoms with Crippen molar-refractivity contribution in [1.82, 2.24) is 9.78 Å². The first-order valence-corrected chi connectivity index (χ1v) is 5.65. The zero-order chi connectivity index (χ0) is 14.7. The minimum absolute atomic E-state index is 0.157. The van der Waals surface area contributed by atoms with Gasteiger partial charge < -0.3 is 9.84 Å². The lowest BCUT2D eigenvalue weighted by atomic mass is 10.2. The van der Waals surface area contributed by atoms with Crippen molar-refractivity contribution in [3.8, 4) is 5.75 Å². The molecule has 0 spiro atoms. The monoisotopic (exact) mass is 278 g/mol. The topological polar surface area (TPSA) is 81.4 Å². The van der Waals surface area contributed by atoms with Gasteiger partial charge in [0.25, 0.3) is 5.56 Å². The van der Waals surface area contributed by atoms with Gasteiger partial charge in [-0.3, -0.25) is 4.79 Å². The summed E-state index contributed by atoms with van der Waals surface area (Å²) in [5.41, 5.74) is -0.577. The maximum absolute atomic E-state index is 13.8. The van der Waals surface area contributed by atoms with E-state index in [1.165, 1.54) is 19.2 Å². The summed E-state index contributed by atoms with van der Waals surface area (Å²) in [6.07, 6.45) is 0. The van der Waals surface area contributed by atoms with Gasteiger partial charge in [-0.2, -0.15) is 5.10 Å². The molecule has 7 heteroatoms. The molecule has 0 aliphatic heterocycles. The maximum Gasteiger partial charge on any atom is 0.356 e. The molecule has 0 saturated carbocycles. The Morgan fingerprint density at radius 2 is 2.15 bits per heavy atom. The van der Waals surface area contributed by atoms with Gasteiger partial charge in [0.2, 0.25) is 0 Å². The van der Waals surface area contributed by atoms with Gasteiger partial charge in [0, 0.05) is 17.7 Å². The Kier molecular flexibility index (Phi) is 3.79. The van der Waals surface area contributed by atoms with Crippen molar-refractivity contribution in [2.24, 2.45) is 0 Å². The van der Waals surface area contributed by atoms with E-state index in [0.29, 0.717) is 5.75 Å². The summed E-state index contributed by atoms with van der Waals surface area (Å²) in [5, 5.41) is 12.5. The average Bonchev–Trinajstić information content (AvgIpc) is 2.42. The zero-order valence-corrected chi connectivity index (χ0v) is 10.5. The summed E-state index contributed by atoms with van der Waals surface area (Å²) >= 11 is 0. The third-order valence-electron chi connectivity index (χ3n) is 2.67. The highest BCUT2D eigenvalue weighted by atomic mass is 19.1. The molecule has 0 bridgehead atoms. The summed E-state index contributed by atoms with van der Waals surface area (Å²) in [5.74, 6) is -1.46. The van der Waals surface area contributed by atoms with E-state index in [4.69, 9.17) is 9.84 Å². The Morgan fingerprint density at radius 1 is 1.40 bits per heavy atom. The molecule has 20 heavy (non-hydrogen) atoms. The molecule has 0 unspecified atom stereocenters. The van der Waals surface area contributed by atoms with Crippen LogP contribution in [0.3, 0.4) is 0 Å². The second-order valence-corrected chi connectivity index (χ2v) is 3.98. The first kappa shape index (κ1) is 13.7. The maximum atomic E-state index is 13.8. The van der Waals surface area contributed by atoms with Crippen LogP contribution in [0.5, 0.6) is 5.75 Å². The fraction of sp³-hybridized carbons (Fsp3) is 0.154. The van der Waals surface area contributed by atoms with Crippen LogP contribution < -0.4 is 10.3 Å². The van der Waals surface area contributed by atoms with Gasteiger partial charge in [-0.1, -0.05) is 6.07 Å². The van der Waals surface area contributed by atoms with E-state index < -0.39 is 17.3 Å². The third-order valence-corrected chi connectivity index (χ3v) is 2.67. The van der Waals surface area contributed by atoms with Crippen LogP contribution in [0.15, 0.2) is 35.1 Å². The number of nitrogens with zero attached hydrogens (tertiary/aromatic N) is 2. The highest BCUT2D eigenvalue weighted by Crippen LogP contribution is 2.16. The minimum Gasteiger partial charge on any atom is -0.497 e. The van der Waals surface area contributed by atoms with Crippen LogP contribution in [0.4, 0.5) is 4.39 Å². The smallest absolute Gasteiger partial charge is 0.356 e. The quantitative estimate of drug-likeness (QED) is 0.906. The molecular weight excluding hydrogens is 267 g/mol. The predicted octanol–water partition coefficient (Wildman–Crippen LogP) is 1.14. The van der Waals surface area contributed by atoms with Crippen molar-refractivity contribution >= 4 is 5.97 Å².